The summed E-state index contributed by atoms with van der Waals surface area (Å²) in [5, 5.41) is 2.70. The van der Waals surface area contributed by atoms with Crippen molar-refractivity contribution in [3.05, 3.63) is 51.6 Å². The molecule has 2 aromatic rings. The number of nitrogens with one attached hydrogen (secondary N) is 1. The number of halogens is 1. The Morgan fingerprint density at radius 3 is 2.56 bits per heavy atom. The van der Waals surface area contributed by atoms with Crippen molar-refractivity contribution in [3.63, 3.8) is 0 Å². The Morgan fingerprint density at radius 1 is 1.12 bits per heavy atom. The SMILES string of the molecule is CCOc1ccc(C(=O)OCC(=O)Nc2ccccc2I)cc1OC. The lowest BCUT2D eigenvalue weighted by Gasteiger charge is -2.11. The van der Waals surface area contributed by atoms with Crippen LogP contribution in [-0.4, -0.2) is 32.2 Å². The molecule has 0 radical (unpaired) electrons. The first-order valence-electron chi connectivity index (χ1n) is 7.57. The van der Waals surface area contributed by atoms with Crippen LogP contribution in [0.3, 0.4) is 0 Å². The largest absolute Gasteiger partial charge is 0.493 e. The molecular formula is C18H18INO5. The lowest BCUT2D eigenvalue weighted by molar-refractivity contribution is -0.119. The third kappa shape index (κ3) is 5.35. The van der Waals surface area contributed by atoms with E-state index in [0.717, 1.165) is 3.57 Å². The number of rotatable bonds is 7. The summed E-state index contributed by atoms with van der Waals surface area (Å²) in [5.41, 5.74) is 0.953. The second kappa shape index (κ2) is 9.26. The Bertz CT molecular complexity index is 763. The highest BCUT2D eigenvalue weighted by molar-refractivity contribution is 14.1. The lowest BCUT2D eigenvalue weighted by Crippen LogP contribution is -2.21. The number of para-hydroxylation sites is 1. The quantitative estimate of drug-likeness (QED) is 0.511. The Hall–Kier alpha value is -2.29. The summed E-state index contributed by atoms with van der Waals surface area (Å²) in [6, 6.07) is 12.0. The van der Waals surface area contributed by atoms with Crippen LogP contribution in [0.5, 0.6) is 11.5 Å². The topological polar surface area (TPSA) is 73.9 Å². The predicted octanol–water partition coefficient (Wildman–Crippen LogP) is 3.49. The van der Waals surface area contributed by atoms with Gasteiger partial charge in [-0.3, -0.25) is 4.79 Å². The summed E-state index contributed by atoms with van der Waals surface area (Å²) in [4.78, 5) is 24.0. The summed E-state index contributed by atoms with van der Waals surface area (Å²) < 4.78 is 16.5. The predicted molar refractivity (Wildman–Crippen MR) is 102 cm³/mol. The molecule has 2 aromatic carbocycles. The molecule has 132 valence electrons. The number of methoxy groups -OCH3 is 1. The molecule has 0 atom stereocenters. The summed E-state index contributed by atoms with van der Waals surface area (Å²) in [6.07, 6.45) is 0. The van der Waals surface area contributed by atoms with Gasteiger partial charge in [0.2, 0.25) is 0 Å². The normalized spacial score (nSPS) is 10.0. The van der Waals surface area contributed by atoms with Gasteiger partial charge in [0.1, 0.15) is 0 Å². The average molecular weight is 455 g/mol. The molecule has 0 heterocycles. The molecule has 2 rings (SSSR count). The van der Waals surface area contributed by atoms with E-state index in [2.05, 4.69) is 27.9 Å². The van der Waals surface area contributed by atoms with Crippen molar-refractivity contribution < 1.29 is 23.8 Å². The van der Waals surface area contributed by atoms with Gasteiger partial charge < -0.3 is 19.5 Å². The molecule has 0 aliphatic rings. The minimum absolute atomic E-state index is 0.280. The Labute approximate surface area is 159 Å². The third-order valence-electron chi connectivity index (χ3n) is 3.18. The van der Waals surface area contributed by atoms with Crippen LogP contribution in [0.25, 0.3) is 0 Å². The molecule has 0 bridgehead atoms. The van der Waals surface area contributed by atoms with Gasteiger partial charge in [0.05, 0.1) is 25.0 Å². The molecule has 0 unspecified atom stereocenters. The maximum Gasteiger partial charge on any atom is 0.338 e. The Morgan fingerprint density at radius 2 is 1.88 bits per heavy atom. The molecule has 1 amide bonds. The highest BCUT2D eigenvalue weighted by Crippen LogP contribution is 2.28. The van der Waals surface area contributed by atoms with Crippen LogP contribution in [0, 0.1) is 3.57 Å². The van der Waals surface area contributed by atoms with E-state index in [1.807, 2.05) is 25.1 Å². The molecule has 0 spiro atoms. The summed E-state index contributed by atoms with van der Waals surface area (Å²) >= 11 is 2.11. The van der Waals surface area contributed by atoms with Crippen LogP contribution in [0.2, 0.25) is 0 Å². The van der Waals surface area contributed by atoms with Crippen molar-refractivity contribution >= 4 is 40.2 Å². The number of anilines is 1. The second-order valence-electron chi connectivity index (χ2n) is 4.90. The van der Waals surface area contributed by atoms with Crippen LogP contribution < -0.4 is 14.8 Å². The number of hydrogen-bond donors (Lipinski definition) is 1. The van der Waals surface area contributed by atoms with Gasteiger partial charge in [-0.25, -0.2) is 4.79 Å². The molecule has 6 nitrogen and oxygen atoms in total. The van der Waals surface area contributed by atoms with Gasteiger partial charge in [0.25, 0.3) is 5.91 Å². The maximum absolute atomic E-state index is 12.1. The van der Waals surface area contributed by atoms with Crippen molar-refractivity contribution in [1.29, 1.82) is 0 Å². The fourth-order valence-electron chi connectivity index (χ4n) is 2.03. The smallest absolute Gasteiger partial charge is 0.338 e. The van der Waals surface area contributed by atoms with Crippen LogP contribution in [-0.2, 0) is 9.53 Å². The lowest BCUT2D eigenvalue weighted by atomic mass is 10.2. The van der Waals surface area contributed by atoms with Crippen LogP contribution in [0.1, 0.15) is 17.3 Å². The number of esters is 1. The zero-order valence-electron chi connectivity index (χ0n) is 13.9. The zero-order chi connectivity index (χ0) is 18.2. The first-order chi connectivity index (χ1) is 12.0. The van der Waals surface area contributed by atoms with Crippen LogP contribution in [0.4, 0.5) is 5.69 Å². The van der Waals surface area contributed by atoms with Crippen molar-refractivity contribution in [3.8, 4) is 11.5 Å². The van der Waals surface area contributed by atoms with Gasteiger partial charge in [-0.1, -0.05) is 12.1 Å². The number of hydrogen-bond acceptors (Lipinski definition) is 5. The fourth-order valence-corrected chi connectivity index (χ4v) is 2.55. The van der Waals surface area contributed by atoms with Gasteiger partial charge in [-0.2, -0.15) is 0 Å². The third-order valence-corrected chi connectivity index (χ3v) is 4.12. The van der Waals surface area contributed by atoms with E-state index in [1.54, 1.807) is 18.2 Å². The Kier molecular flexibility index (Phi) is 7.05. The molecule has 25 heavy (non-hydrogen) atoms. The Balaban J connectivity index is 1.95. The van der Waals surface area contributed by atoms with Crippen molar-refractivity contribution in [2.75, 3.05) is 25.6 Å². The molecule has 1 N–H and O–H groups in total. The van der Waals surface area contributed by atoms with Gasteiger partial charge in [-0.05, 0) is 59.8 Å². The van der Waals surface area contributed by atoms with Gasteiger partial charge in [-0.15, -0.1) is 0 Å². The van der Waals surface area contributed by atoms with Crippen molar-refractivity contribution in [1.82, 2.24) is 0 Å². The molecular weight excluding hydrogens is 437 g/mol. The second-order valence-corrected chi connectivity index (χ2v) is 6.06. The zero-order valence-corrected chi connectivity index (χ0v) is 16.0. The average Bonchev–Trinajstić information content (AvgIpc) is 2.62. The van der Waals surface area contributed by atoms with Gasteiger partial charge in [0.15, 0.2) is 18.1 Å². The monoisotopic (exact) mass is 455 g/mol. The first kappa shape index (κ1) is 19.0. The van der Waals surface area contributed by atoms with Crippen molar-refractivity contribution in [2.24, 2.45) is 0 Å². The first-order valence-corrected chi connectivity index (χ1v) is 8.65. The fraction of sp³-hybridized carbons (Fsp3) is 0.222. The molecule has 0 saturated heterocycles. The van der Waals surface area contributed by atoms with E-state index in [9.17, 15) is 9.59 Å². The number of amides is 1. The van der Waals surface area contributed by atoms with Crippen LogP contribution >= 0.6 is 22.6 Å². The van der Waals surface area contributed by atoms with E-state index in [-0.39, 0.29) is 12.2 Å². The number of benzene rings is 2. The minimum Gasteiger partial charge on any atom is -0.493 e. The van der Waals surface area contributed by atoms with E-state index in [4.69, 9.17) is 14.2 Å². The summed E-state index contributed by atoms with van der Waals surface area (Å²) in [7, 11) is 1.49. The van der Waals surface area contributed by atoms with Crippen molar-refractivity contribution in [2.45, 2.75) is 6.92 Å². The minimum atomic E-state index is -0.612. The van der Waals surface area contributed by atoms with E-state index < -0.39 is 11.9 Å². The van der Waals surface area contributed by atoms with E-state index >= 15 is 0 Å². The number of carbonyl (C=O) groups excluding carboxylic acids is 2. The molecule has 0 aliphatic carbocycles. The van der Waals surface area contributed by atoms with Gasteiger partial charge >= 0.3 is 5.97 Å². The molecule has 0 aromatic heterocycles. The van der Waals surface area contributed by atoms with E-state index in [0.29, 0.717) is 23.8 Å². The maximum atomic E-state index is 12.1. The summed E-state index contributed by atoms with van der Waals surface area (Å²) in [6.45, 7) is 1.96. The molecule has 0 fully saturated rings. The van der Waals surface area contributed by atoms with E-state index in [1.165, 1.54) is 13.2 Å². The number of carbonyl (C=O) groups is 2. The molecule has 7 heteroatoms. The van der Waals surface area contributed by atoms with Crippen LogP contribution in [0.15, 0.2) is 42.5 Å². The highest BCUT2D eigenvalue weighted by atomic mass is 127. The molecule has 0 saturated carbocycles. The number of ether oxygens (including phenoxy) is 3. The standard InChI is InChI=1S/C18H18INO5/c1-3-24-15-9-8-12(10-16(15)23-2)18(22)25-11-17(21)20-14-7-5-4-6-13(14)19/h4-10H,3,11H2,1-2H3,(H,20,21). The highest BCUT2D eigenvalue weighted by Gasteiger charge is 2.14. The van der Waals surface area contributed by atoms with Gasteiger partial charge in [0, 0.05) is 3.57 Å². The summed E-state index contributed by atoms with van der Waals surface area (Å²) in [5.74, 6) is -0.0489. The molecule has 0 aliphatic heterocycles.